The van der Waals surface area contributed by atoms with Crippen LogP contribution in [-0.2, 0) is 0 Å². The predicted octanol–water partition coefficient (Wildman–Crippen LogP) is 2.93. The molecular weight excluding hydrogens is 283 g/mol. The first kappa shape index (κ1) is 14.4. The number of benzene rings is 1. The highest BCUT2D eigenvalue weighted by Crippen LogP contribution is 2.31. The van der Waals surface area contributed by atoms with E-state index in [0.717, 1.165) is 18.3 Å². The van der Waals surface area contributed by atoms with Crippen LogP contribution in [0.3, 0.4) is 0 Å². The summed E-state index contributed by atoms with van der Waals surface area (Å²) in [5.74, 6) is -2.69. The van der Waals surface area contributed by atoms with Gasteiger partial charge in [-0.1, -0.05) is 0 Å². The average molecular weight is 292 g/mol. The van der Waals surface area contributed by atoms with Crippen LogP contribution in [0.2, 0.25) is 0 Å². The molecule has 2 rings (SSSR count). The van der Waals surface area contributed by atoms with E-state index in [1.165, 1.54) is 19.2 Å². The van der Waals surface area contributed by atoms with Crippen LogP contribution in [0, 0.1) is 22.9 Å². The van der Waals surface area contributed by atoms with Gasteiger partial charge < -0.3 is 9.84 Å². The third-order valence-electron chi connectivity index (χ3n) is 2.68. The summed E-state index contributed by atoms with van der Waals surface area (Å²) in [6, 6.07) is 3.06. The van der Waals surface area contributed by atoms with E-state index in [0.29, 0.717) is 0 Å². The molecule has 1 aromatic heterocycles. The van der Waals surface area contributed by atoms with E-state index in [1.807, 2.05) is 0 Å². The number of nitro groups is 1. The van der Waals surface area contributed by atoms with Crippen LogP contribution in [0.15, 0.2) is 30.6 Å². The van der Waals surface area contributed by atoms with Gasteiger partial charge in [0.25, 0.3) is 5.69 Å². The lowest BCUT2D eigenvalue weighted by Crippen LogP contribution is -2.02. The van der Waals surface area contributed by atoms with Gasteiger partial charge in [0.05, 0.1) is 17.2 Å². The summed E-state index contributed by atoms with van der Waals surface area (Å²) in [5.41, 5.74) is -0.387. The molecule has 0 aliphatic heterocycles. The van der Waals surface area contributed by atoms with Gasteiger partial charge >= 0.3 is 5.97 Å². The number of ether oxygens (including phenoxy) is 1. The second kappa shape index (κ2) is 5.53. The van der Waals surface area contributed by atoms with E-state index in [2.05, 4.69) is 4.98 Å². The van der Waals surface area contributed by atoms with Crippen LogP contribution >= 0.6 is 0 Å². The molecule has 1 heterocycles. The molecule has 0 radical (unpaired) electrons. The lowest BCUT2D eigenvalue weighted by Gasteiger charge is -2.09. The molecule has 0 aliphatic carbocycles. The zero-order valence-corrected chi connectivity index (χ0v) is 10.7. The molecule has 0 amide bonds. The molecule has 1 aromatic carbocycles. The molecule has 0 atom stereocenters. The highest BCUT2D eigenvalue weighted by Gasteiger charge is 2.19. The minimum absolute atomic E-state index is 0.155. The third kappa shape index (κ3) is 2.94. The zero-order chi connectivity index (χ0) is 15.6. The van der Waals surface area contributed by atoms with Crippen LogP contribution in [0.4, 0.5) is 10.1 Å². The number of carboxylic acids is 1. The van der Waals surface area contributed by atoms with Crippen molar-refractivity contribution in [2.75, 3.05) is 0 Å². The van der Waals surface area contributed by atoms with Crippen molar-refractivity contribution in [1.82, 2.24) is 4.98 Å². The number of aryl methyl sites for hydroxylation is 1. The Bertz CT molecular complexity index is 732. The van der Waals surface area contributed by atoms with Crippen molar-refractivity contribution in [2.45, 2.75) is 6.92 Å². The van der Waals surface area contributed by atoms with Crippen LogP contribution in [0.1, 0.15) is 15.9 Å². The van der Waals surface area contributed by atoms with Crippen molar-refractivity contribution >= 4 is 11.7 Å². The van der Waals surface area contributed by atoms with Gasteiger partial charge in [0, 0.05) is 11.8 Å². The van der Waals surface area contributed by atoms with Crippen LogP contribution < -0.4 is 4.74 Å². The highest BCUT2D eigenvalue weighted by molar-refractivity contribution is 5.90. The molecule has 108 valence electrons. The quantitative estimate of drug-likeness (QED) is 0.686. The molecule has 0 unspecified atom stereocenters. The van der Waals surface area contributed by atoms with Crippen molar-refractivity contribution in [3.05, 3.63) is 57.7 Å². The number of nitro benzene ring substituents is 1. The van der Waals surface area contributed by atoms with Gasteiger partial charge in [-0.05, 0) is 19.1 Å². The Morgan fingerprint density at radius 2 is 2.14 bits per heavy atom. The Hall–Kier alpha value is -3.03. The van der Waals surface area contributed by atoms with E-state index in [1.54, 1.807) is 0 Å². The number of nitrogens with zero attached hydrogens (tertiary/aromatic N) is 2. The number of aromatic carboxylic acids is 1. The molecule has 8 heteroatoms. The van der Waals surface area contributed by atoms with Crippen LogP contribution in [-0.4, -0.2) is 21.0 Å². The van der Waals surface area contributed by atoms with Gasteiger partial charge in [-0.2, -0.15) is 0 Å². The molecule has 0 saturated heterocycles. The molecule has 7 nitrogen and oxygen atoms in total. The second-order valence-electron chi connectivity index (χ2n) is 4.11. The maximum Gasteiger partial charge on any atom is 0.339 e. The largest absolute Gasteiger partial charge is 0.478 e. The van der Waals surface area contributed by atoms with Gasteiger partial charge in [0.15, 0.2) is 17.3 Å². The first-order chi connectivity index (χ1) is 9.90. The predicted molar refractivity (Wildman–Crippen MR) is 69.1 cm³/mol. The number of carboxylic acid groups (broad SMARTS) is 1. The minimum atomic E-state index is -1.26. The third-order valence-corrected chi connectivity index (χ3v) is 2.68. The Morgan fingerprint density at radius 1 is 1.43 bits per heavy atom. The fourth-order valence-electron chi connectivity index (χ4n) is 1.68. The highest BCUT2D eigenvalue weighted by atomic mass is 19.1. The van der Waals surface area contributed by atoms with Crippen LogP contribution in [0.5, 0.6) is 11.5 Å². The van der Waals surface area contributed by atoms with E-state index < -0.39 is 16.7 Å². The van der Waals surface area contributed by atoms with E-state index >= 15 is 0 Å². The minimum Gasteiger partial charge on any atom is -0.478 e. The summed E-state index contributed by atoms with van der Waals surface area (Å²) in [5, 5.41) is 19.7. The van der Waals surface area contributed by atoms with Crippen molar-refractivity contribution in [1.29, 1.82) is 0 Å². The molecule has 0 aliphatic rings. The Labute approximate surface area is 117 Å². The number of hydrogen-bond acceptors (Lipinski definition) is 5. The molecule has 0 saturated carbocycles. The lowest BCUT2D eigenvalue weighted by atomic mass is 10.2. The smallest absolute Gasteiger partial charge is 0.339 e. The van der Waals surface area contributed by atoms with Gasteiger partial charge in [-0.15, -0.1) is 0 Å². The zero-order valence-electron chi connectivity index (χ0n) is 10.7. The van der Waals surface area contributed by atoms with Gasteiger partial charge in [-0.3, -0.25) is 15.1 Å². The summed E-state index contributed by atoms with van der Waals surface area (Å²) in [6.45, 7) is 1.42. The Kier molecular flexibility index (Phi) is 3.79. The fraction of sp³-hybridized carbons (Fsp3) is 0.0769. The number of pyridine rings is 1. The number of rotatable bonds is 4. The lowest BCUT2D eigenvalue weighted by molar-refractivity contribution is -0.385. The fourth-order valence-corrected chi connectivity index (χ4v) is 1.68. The number of halogens is 1. The maximum absolute atomic E-state index is 13.8. The number of aromatic nitrogens is 1. The van der Waals surface area contributed by atoms with Crippen molar-refractivity contribution in [2.24, 2.45) is 0 Å². The molecule has 21 heavy (non-hydrogen) atoms. The van der Waals surface area contributed by atoms with E-state index in [-0.39, 0.29) is 28.3 Å². The summed E-state index contributed by atoms with van der Waals surface area (Å²) in [7, 11) is 0. The average Bonchev–Trinajstić information content (AvgIpc) is 2.42. The Balaban J connectivity index is 2.44. The molecule has 0 bridgehead atoms. The SMILES string of the molecule is Cc1cc(Oc2cnccc2C(=O)O)c(F)cc1[N+](=O)[O-]. The molecular formula is C13H9FN2O5. The van der Waals surface area contributed by atoms with Gasteiger partial charge in [0.2, 0.25) is 0 Å². The summed E-state index contributed by atoms with van der Waals surface area (Å²) >= 11 is 0. The molecule has 0 spiro atoms. The van der Waals surface area contributed by atoms with Crippen molar-refractivity contribution in [3.63, 3.8) is 0 Å². The molecule has 0 fully saturated rings. The van der Waals surface area contributed by atoms with Crippen molar-refractivity contribution < 1.29 is 24.0 Å². The summed E-state index contributed by atoms with van der Waals surface area (Å²) < 4.78 is 19.0. The standard InChI is InChI=1S/C13H9FN2O5/c1-7-4-11(9(14)5-10(7)16(19)20)21-12-6-15-3-2-8(12)13(17)18/h2-6H,1H3,(H,17,18). The maximum atomic E-state index is 13.8. The number of hydrogen-bond donors (Lipinski definition) is 1. The van der Waals surface area contributed by atoms with Gasteiger partial charge in [-0.25, -0.2) is 9.18 Å². The summed E-state index contributed by atoms with van der Waals surface area (Å²) in [4.78, 5) is 24.7. The molecule has 2 aromatic rings. The van der Waals surface area contributed by atoms with Crippen molar-refractivity contribution in [3.8, 4) is 11.5 Å². The Morgan fingerprint density at radius 3 is 2.76 bits per heavy atom. The summed E-state index contributed by atoms with van der Waals surface area (Å²) in [6.07, 6.45) is 2.38. The van der Waals surface area contributed by atoms with Gasteiger partial charge in [0.1, 0.15) is 5.56 Å². The first-order valence-electron chi connectivity index (χ1n) is 5.70. The first-order valence-corrected chi connectivity index (χ1v) is 5.70. The normalized spacial score (nSPS) is 10.2. The van der Waals surface area contributed by atoms with E-state index in [4.69, 9.17) is 9.84 Å². The topological polar surface area (TPSA) is 103 Å². The van der Waals surface area contributed by atoms with E-state index in [9.17, 15) is 19.3 Å². The molecule has 1 N–H and O–H groups in total. The number of carbonyl (C=O) groups is 1. The second-order valence-corrected chi connectivity index (χ2v) is 4.11. The monoisotopic (exact) mass is 292 g/mol. The van der Waals surface area contributed by atoms with Crippen LogP contribution in [0.25, 0.3) is 0 Å².